The summed E-state index contributed by atoms with van der Waals surface area (Å²) < 4.78 is 67.5. The second kappa shape index (κ2) is 12.7. The fourth-order valence-corrected chi connectivity index (χ4v) is 6.50. The van der Waals surface area contributed by atoms with Gasteiger partial charge in [0.25, 0.3) is 5.91 Å². The summed E-state index contributed by atoms with van der Waals surface area (Å²) >= 11 is 0. The lowest BCUT2D eigenvalue weighted by Crippen LogP contribution is -2.68. The van der Waals surface area contributed by atoms with Crippen molar-refractivity contribution in [3.8, 4) is 23.3 Å². The van der Waals surface area contributed by atoms with Crippen molar-refractivity contribution >= 4 is 5.91 Å². The van der Waals surface area contributed by atoms with Crippen LogP contribution < -0.4 is 20.1 Å². The minimum absolute atomic E-state index is 0.0952. The number of fused-ring (bicyclic) bond motifs is 1. The van der Waals surface area contributed by atoms with E-state index in [9.17, 15) is 22.4 Å². The molecule has 3 saturated heterocycles. The number of rotatable bonds is 7. The van der Waals surface area contributed by atoms with Gasteiger partial charge >= 0.3 is 6.18 Å². The lowest BCUT2D eigenvalue weighted by Gasteiger charge is -2.48. The number of methoxy groups -OCH3 is 1. The summed E-state index contributed by atoms with van der Waals surface area (Å²) in [6.45, 7) is 1.61. The lowest BCUT2D eigenvalue weighted by molar-refractivity contribution is -0.951. The predicted octanol–water partition coefficient (Wildman–Crippen LogP) is 2.64. The van der Waals surface area contributed by atoms with Gasteiger partial charge < -0.3 is 29.1 Å². The Hall–Kier alpha value is -2.59. The summed E-state index contributed by atoms with van der Waals surface area (Å²) in [5.41, 5.74) is 0.412. The molecule has 0 bridgehead atoms. The van der Waals surface area contributed by atoms with Crippen LogP contribution in [0.4, 0.5) is 17.6 Å². The molecule has 228 valence electrons. The molecule has 1 amide bonds. The monoisotopic (exact) mass is 584 g/mol. The smallest absolute Gasteiger partial charge is 0.394 e. The number of piperidine rings is 2. The summed E-state index contributed by atoms with van der Waals surface area (Å²) in [6.07, 6.45) is -4.52. The van der Waals surface area contributed by atoms with Crippen LogP contribution in [-0.4, -0.2) is 124 Å². The first-order valence-electron chi connectivity index (χ1n) is 14.1. The largest absolute Gasteiger partial charge is 0.493 e. The van der Waals surface area contributed by atoms with Gasteiger partial charge in [-0.15, -0.1) is 0 Å². The van der Waals surface area contributed by atoms with Crippen molar-refractivity contribution in [2.75, 3.05) is 61.5 Å². The van der Waals surface area contributed by atoms with Gasteiger partial charge in [-0.2, -0.15) is 13.2 Å². The second-order valence-corrected chi connectivity index (χ2v) is 11.8. The fourth-order valence-electron chi connectivity index (χ4n) is 6.50. The Morgan fingerprint density at radius 1 is 1.24 bits per heavy atom. The molecule has 3 heterocycles. The molecule has 3 aliphatic heterocycles. The zero-order valence-electron chi connectivity index (χ0n) is 24.4. The van der Waals surface area contributed by atoms with Crippen LogP contribution in [-0.2, 0) is 0 Å². The lowest BCUT2D eigenvalue weighted by atomic mass is 9.94. The van der Waals surface area contributed by atoms with Crippen molar-refractivity contribution in [3.63, 3.8) is 0 Å². The third kappa shape index (κ3) is 7.25. The van der Waals surface area contributed by atoms with E-state index < -0.39 is 30.9 Å². The molecule has 3 fully saturated rings. The van der Waals surface area contributed by atoms with Gasteiger partial charge in [0.15, 0.2) is 17.7 Å². The van der Waals surface area contributed by atoms with Gasteiger partial charge in [-0.05, 0) is 51.1 Å². The molecule has 0 radical (unpaired) electrons. The van der Waals surface area contributed by atoms with Crippen molar-refractivity contribution in [1.82, 2.24) is 20.4 Å². The number of likely N-dealkylation sites (N-methyl/N-ethyl adjacent to an activating group) is 1. The Morgan fingerprint density at radius 2 is 2.00 bits per heavy atom. The van der Waals surface area contributed by atoms with Crippen LogP contribution >= 0.6 is 0 Å². The van der Waals surface area contributed by atoms with Crippen LogP contribution in [0.15, 0.2) is 18.2 Å². The Morgan fingerprint density at radius 3 is 2.66 bits per heavy atom. The first-order valence-corrected chi connectivity index (χ1v) is 14.1. The number of likely N-dealkylation sites (tertiary alicyclic amines) is 1. The quantitative estimate of drug-likeness (QED) is 0.292. The topological polar surface area (TPSA) is 66.1 Å². The third-order valence-corrected chi connectivity index (χ3v) is 8.65. The molecule has 7 atom stereocenters. The average molecular weight is 585 g/mol. The Balaban J connectivity index is 1.51. The first-order chi connectivity index (χ1) is 19.3. The van der Waals surface area contributed by atoms with Crippen LogP contribution in [0, 0.1) is 11.8 Å². The normalized spacial score (nSPS) is 32.0. The van der Waals surface area contributed by atoms with E-state index in [1.165, 1.54) is 12.0 Å². The maximum absolute atomic E-state index is 14.8. The molecule has 0 spiro atoms. The predicted molar refractivity (Wildman–Crippen MR) is 147 cm³/mol. The minimum Gasteiger partial charge on any atom is -0.493 e. The molecular formula is C29H42F4N5O3+. The minimum atomic E-state index is -4.36. The molecule has 12 heteroatoms. The SMILES string of the molecule is COc1ccc(C(=O)N(C)C)cc1OCC#CC1NC2C(N[C@@H]3CCN(C)C[C@@H]3F)CCC[N+]2(C)C1CC(F)(F)F. The standard InChI is InChI=1S/C29H42F4N5O3/c1-36(2)28(39)19-10-11-25(40-5)26(16-19)41-15-7-9-22-24(17-29(31,32)33)38(4)14-6-8-23(27(38)35-22)34-21-12-13-37(3)18-20(21)30/h10-11,16,20-24,27,34-35H,6,8,12-15,17-18H2,1-5H3/q+1/t20-,21+,22?,23?,24?,27?,38?/m0/s1. The molecule has 0 aliphatic carbocycles. The summed E-state index contributed by atoms with van der Waals surface area (Å²) in [6, 6.07) is 2.79. The molecule has 41 heavy (non-hydrogen) atoms. The summed E-state index contributed by atoms with van der Waals surface area (Å²) in [5, 5.41) is 6.87. The number of hydrogen-bond acceptors (Lipinski definition) is 6. The number of halogens is 4. The summed E-state index contributed by atoms with van der Waals surface area (Å²) in [4.78, 5) is 15.8. The van der Waals surface area contributed by atoms with Gasteiger partial charge in [-0.25, -0.2) is 9.71 Å². The van der Waals surface area contributed by atoms with Crippen molar-refractivity contribution < 1.29 is 36.3 Å². The molecule has 0 aromatic heterocycles. The third-order valence-electron chi connectivity index (χ3n) is 8.65. The number of nitrogens with zero attached hydrogens (tertiary/aromatic N) is 3. The highest BCUT2D eigenvalue weighted by Gasteiger charge is 2.59. The van der Waals surface area contributed by atoms with Crippen LogP contribution in [0.1, 0.15) is 36.0 Å². The maximum atomic E-state index is 14.8. The highest BCUT2D eigenvalue weighted by atomic mass is 19.4. The first kappa shape index (κ1) is 31.3. The Labute approximate surface area is 239 Å². The zero-order chi connectivity index (χ0) is 29.9. The summed E-state index contributed by atoms with van der Waals surface area (Å²) in [5.74, 6) is 6.44. The van der Waals surface area contributed by atoms with Crippen LogP contribution in [0.2, 0.25) is 0 Å². The van der Waals surface area contributed by atoms with Crippen molar-refractivity contribution in [3.05, 3.63) is 23.8 Å². The van der Waals surface area contributed by atoms with Crippen molar-refractivity contribution in [2.45, 2.75) is 68.4 Å². The molecule has 1 aromatic carbocycles. The van der Waals surface area contributed by atoms with Crippen LogP contribution in [0.5, 0.6) is 11.5 Å². The highest BCUT2D eigenvalue weighted by molar-refractivity contribution is 5.94. The fraction of sp³-hybridized carbons (Fsp3) is 0.690. The number of nitrogens with one attached hydrogen (secondary N) is 2. The molecule has 3 aliphatic rings. The van der Waals surface area contributed by atoms with E-state index in [4.69, 9.17) is 9.47 Å². The number of amides is 1. The highest BCUT2D eigenvalue weighted by Crippen LogP contribution is 2.39. The van der Waals surface area contributed by atoms with Gasteiger partial charge in [-0.1, -0.05) is 11.8 Å². The number of ether oxygens (including phenoxy) is 2. The van der Waals surface area contributed by atoms with Crippen molar-refractivity contribution in [1.29, 1.82) is 0 Å². The number of quaternary nitrogens is 1. The zero-order valence-corrected chi connectivity index (χ0v) is 24.4. The average Bonchev–Trinajstić information content (AvgIpc) is 3.18. The second-order valence-electron chi connectivity index (χ2n) is 11.8. The molecule has 2 N–H and O–H groups in total. The Kier molecular flexibility index (Phi) is 9.74. The van der Waals surface area contributed by atoms with Crippen LogP contribution in [0.3, 0.4) is 0 Å². The van der Waals surface area contributed by atoms with E-state index in [0.717, 1.165) is 19.4 Å². The molecule has 8 nitrogen and oxygen atoms in total. The van der Waals surface area contributed by atoms with Gasteiger partial charge in [0.2, 0.25) is 0 Å². The van der Waals surface area contributed by atoms with E-state index in [1.54, 1.807) is 32.3 Å². The molecule has 4 rings (SSSR count). The van der Waals surface area contributed by atoms with Gasteiger partial charge in [0.1, 0.15) is 24.9 Å². The number of alkyl halides is 4. The van der Waals surface area contributed by atoms with E-state index in [2.05, 4.69) is 22.5 Å². The number of carbonyl (C=O) groups is 1. The molecule has 5 unspecified atom stereocenters. The number of carbonyl (C=O) groups excluding carboxylic acids is 1. The number of hydrogen-bond donors (Lipinski definition) is 2. The Bertz CT molecular complexity index is 1140. The van der Waals surface area contributed by atoms with Gasteiger partial charge in [-0.3, -0.25) is 4.79 Å². The number of benzene rings is 1. The van der Waals surface area contributed by atoms with Crippen molar-refractivity contribution in [2.24, 2.45) is 0 Å². The molecular weight excluding hydrogens is 542 g/mol. The van der Waals surface area contributed by atoms with E-state index in [0.29, 0.717) is 36.6 Å². The van der Waals surface area contributed by atoms with Gasteiger partial charge in [0, 0.05) is 32.2 Å². The van der Waals surface area contributed by atoms with E-state index >= 15 is 0 Å². The van der Waals surface area contributed by atoms with E-state index in [-0.39, 0.29) is 35.2 Å². The van der Waals surface area contributed by atoms with Gasteiger partial charge in [0.05, 0.1) is 33.2 Å². The molecule has 1 aromatic rings. The summed E-state index contributed by atoms with van der Waals surface area (Å²) in [7, 11) is 8.52. The van der Waals surface area contributed by atoms with Crippen LogP contribution in [0.25, 0.3) is 0 Å². The van der Waals surface area contributed by atoms with E-state index in [1.807, 2.05) is 19.0 Å². The molecule has 0 saturated carbocycles. The maximum Gasteiger partial charge on any atom is 0.394 e.